The second-order valence-electron chi connectivity index (χ2n) is 5.60. The molecule has 0 spiro atoms. The zero-order valence-corrected chi connectivity index (χ0v) is 12.9. The third-order valence-corrected chi connectivity index (χ3v) is 5.44. The van der Waals surface area contributed by atoms with Crippen molar-refractivity contribution in [2.75, 3.05) is 0 Å². The molecular weight excluding hydrogens is 288 g/mol. The number of fused-ring (bicyclic) bond motifs is 3. The largest absolute Gasteiger partial charge is 0.296 e. The van der Waals surface area contributed by atoms with Crippen molar-refractivity contribution in [3.8, 4) is 0 Å². The number of carbonyl (C=O) groups excluding carboxylic acids is 3. The lowest BCUT2D eigenvalue weighted by atomic mass is 9.81. The zero-order valence-electron chi connectivity index (χ0n) is 12.1. The molecule has 3 rings (SSSR count). The highest BCUT2D eigenvalue weighted by Crippen LogP contribution is 2.44. The van der Waals surface area contributed by atoms with Gasteiger partial charge in [-0.25, -0.2) is 0 Å². The van der Waals surface area contributed by atoms with E-state index in [9.17, 15) is 14.4 Å². The van der Waals surface area contributed by atoms with Crippen molar-refractivity contribution in [3.05, 3.63) is 16.0 Å². The molecule has 110 valence electrons. The monoisotopic (exact) mass is 304 g/mol. The van der Waals surface area contributed by atoms with Crippen molar-refractivity contribution in [3.63, 3.8) is 0 Å². The number of hydrogen-bond donors (Lipinski definition) is 0. The van der Waals surface area contributed by atoms with E-state index in [4.69, 9.17) is 0 Å². The molecule has 2 aliphatic rings. The fourth-order valence-corrected chi connectivity index (χ4v) is 4.29. The van der Waals surface area contributed by atoms with E-state index in [2.05, 4.69) is 10.2 Å². The lowest BCUT2D eigenvalue weighted by molar-refractivity contribution is -0.130. The molecule has 1 aromatic rings. The van der Waals surface area contributed by atoms with E-state index in [1.807, 2.05) is 0 Å². The van der Waals surface area contributed by atoms with E-state index in [-0.39, 0.29) is 0 Å². The molecule has 21 heavy (non-hydrogen) atoms. The van der Waals surface area contributed by atoms with Crippen LogP contribution >= 0.6 is 11.3 Å². The van der Waals surface area contributed by atoms with Crippen LogP contribution in [0.15, 0.2) is 10.2 Å². The Morgan fingerprint density at radius 3 is 2.43 bits per heavy atom. The number of aryl methyl sites for hydroxylation is 1. The van der Waals surface area contributed by atoms with E-state index in [1.165, 1.54) is 25.2 Å². The molecule has 0 radical (unpaired) electrons. The van der Waals surface area contributed by atoms with Gasteiger partial charge in [0.25, 0.3) is 5.54 Å². The molecule has 0 amide bonds. The van der Waals surface area contributed by atoms with Crippen LogP contribution in [0.3, 0.4) is 0 Å². The number of nitrogens with zero attached hydrogens (tertiary/aromatic N) is 2. The highest BCUT2D eigenvalue weighted by atomic mass is 32.1. The Labute approximate surface area is 126 Å². The third-order valence-electron chi connectivity index (χ3n) is 4.27. The summed E-state index contributed by atoms with van der Waals surface area (Å²) in [5.74, 6) is -1.59. The van der Waals surface area contributed by atoms with Gasteiger partial charge in [0.15, 0.2) is 11.6 Å². The summed E-state index contributed by atoms with van der Waals surface area (Å²) in [7, 11) is 0. The van der Waals surface area contributed by atoms with Gasteiger partial charge in [-0.2, -0.15) is 5.11 Å². The van der Waals surface area contributed by atoms with Crippen molar-refractivity contribution in [2.45, 2.75) is 51.5 Å². The molecule has 2 heterocycles. The summed E-state index contributed by atoms with van der Waals surface area (Å²) in [6, 6.07) is 0. The molecule has 1 aliphatic heterocycles. The van der Waals surface area contributed by atoms with Crippen molar-refractivity contribution >= 4 is 33.7 Å². The Bertz CT molecular complexity index is 673. The predicted octanol–water partition coefficient (Wildman–Crippen LogP) is 3.21. The summed E-state index contributed by atoms with van der Waals surface area (Å²) in [5.41, 5.74) is -0.492. The van der Waals surface area contributed by atoms with Gasteiger partial charge in [0.2, 0.25) is 5.78 Å². The summed E-state index contributed by atoms with van der Waals surface area (Å²) >= 11 is 1.48. The summed E-state index contributed by atoms with van der Waals surface area (Å²) in [4.78, 5) is 37.9. The van der Waals surface area contributed by atoms with Crippen LogP contribution in [-0.4, -0.2) is 22.9 Å². The Morgan fingerprint density at radius 1 is 1.10 bits per heavy atom. The van der Waals surface area contributed by atoms with Crippen molar-refractivity contribution < 1.29 is 14.4 Å². The van der Waals surface area contributed by atoms with Gasteiger partial charge in [0.05, 0.1) is 5.56 Å². The Hall–Kier alpha value is -1.69. The lowest BCUT2D eigenvalue weighted by Gasteiger charge is -2.24. The van der Waals surface area contributed by atoms with Crippen LogP contribution in [-0.2, 0) is 22.4 Å². The minimum absolute atomic E-state index is 0.470. The van der Waals surface area contributed by atoms with E-state index >= 15 is 0 Å². The average Bonchev–Trinajstić information content (AvgIpc) is 2.61. The number of hydrogen-bond acceptors (Lipinski definition) is 6. The van der Waals surface area contributed by atoms with Crippen LogP contribution in [0.4, 0.5) is 5.00 Å². The van der Waals surface area contributed by atoms with Crippen molar-refractivity contribution in [1.82, 2.24) is 0 Å². The Morgan fingerprint density at radius 2 is 1.76 bits per heavy atom. The highest BCUT2D eigenvalue weighted by Gasteiger charge is 2.53. The molecular formula is C15H16N2O3S. The zero-order chi connectivity index (χ0) is 15.2. The van der Waals surface area contributed by atoms with Gasteiger partial charge in [-0.1, -0.05) is 6.42 Å². The second kappa shape index (κ2) is 4.94. The van der Waals surface area contributed by atoms with Crippen LogP contribution in [0.2, 0.25) is 0 Å². The maximum atomic E-state index is 12.9. The standard InChI is InChI=1S/C15H16N2O3S/c1-8(18)15(9(2)19)13(20)12-10-6-4-3-5-7-11(10)21-14(12)16-17-15/h3-7H2,1-2H3. The molecule has 0 aromatic carbocycles. The molecule has 0 atom stereocenters. The summed E-state index contributed by atoms with van der Waals surface area (Å²) in [6.07, 6.45) is 5.00. The van der Waals surface area contributed by atoms with Crippen LogP contribution in [0.5, 0.6) is 0 Å². The Balaban J connectivity index is 2.19. The van der Waals surface area contributed by atoms with Gasteiger partial charge < -0.3 is 0 Å². The first-order chi connectivity index (χ1) is 9.98. The molecule has 0 N–H and O–H groups in total. The average molecular weight is 304 g/mol. The second-order valence-corrected chi connectivity index (χ2v) is 6.68. The number of Topliss-reactive ketones (excluding diaryl/α,β-unsaturated/α-hetero) is 3. The van der Waals surface area contributed by atoms with Crippen LogP contribution in [0.25, 0.3) is 0 Å². The number of thiophene rings is 1. The van der Waals surface area contributed by atoms with Gasteiger partial charge in [0.1, 0.15) is 5.00 Å². The van der Waals surface area contributed by atoms with Crippen molar-refractivity contribution in [1.29, 1.82) is 0 Å². The van der Waals surface area contributed by atoms with Crippen molar-refractivity contribution in [2.24, 2.45) is 10.2 Å². The summed E-state index contributed by atoms with van der Waals surface area (Å²) < 4.78 is 0. The number of carbonyl (C=O) groups is 3. The molecule has 5 nitrogen and oxygen atoms in total. The first-order valence-electron chi connectivity index (χ1n) is 7.12. The fraction of sp³-hybridized carbons (Fsp3) is 0.533. The Kier molecular flexibility index (Phi) is 3.36. The molecule has 0 saturated carbocycles. The molecule has 0 bridgehead atoms. The lowest BCUT2D eigenvalue weighted by Crippen LogP contribution is -2.50. The molecule has 0 fully saturated rings. The van der Waals surface area contributed by atoms with Gasteiger partial charge in [-0.15, -0.1) is 16.5 Å². The maximum absolute atomic E-state index is 12.9. The SMILES string of the molecule is CC(=O)C1(C(C)=O)N=Nc2sc3c(c2C1=O)CCCCC3. The van der Waals surface area contributed by atoms with Gasteiger partial charge in [-0.3, -0.25) is 14.4 Å². The maximum Gasteiger partial charge on any atom is 0.259 e. The van der Waals surface area contributed by atoms with E-state index < -0.39 is 22.9 Å². The minimum atomic E-state index is -1.95. The molecule has 6 heteroatoms. The van der Waals surface area contributed by atoms with Gasteiger partial charge in [0, 0.05) is 4.88 Å². The first-order valence-corrected chi connectivity index (χ1v) is 7.94. The van der Waals surface area contributed by atoms with Crippen LogP contribution in [0.1, 0.15) is 53.9 Å². The molecule has 1 aromatic heterocycles. The smallest absolute Gasteiger partial charge is 0.259 e. The van der Waals surface area contributed by atoms with E-state index in [0.717, 1.165) is 42.5 Å². The molecule has 1 aliphatic carbocycles. The number of azo groups is 1. The molecule has 0 unspecified atom stereocenters. The summed E-state index contributed by atoms with van der Waals surface area (Å²) in [5, 5.41) is 8.45. The summed E-state index contributed by atoms with van der Waals surface area (Å²) in [6.45, 7) is 2.46. The highest BCUT2D eigenvalue weighted by molar-refractivity contribution is 7.16. The van der Waals surface area contributed by atoms with Gasteiger partial charge >= 0.3 is 0 Å². The molecule has 0 saturated heterocycles. The van der Waals surface area contributed by atoms with E-state index in [0.29, 0.717) is 10.6 Å². The van der Waals surface area contributed by atoms with Crippen LogP contribution < -0.4 is 0 Å². The predicted molar refractivity (Wildman–Crippen MR) is 78.5 cm³/mol. The first kappa shape index (κ1) is 14.3. The number of rotatable bonds is 2. The third kappa shape index (κ3) is 1.92. The minimum Gasteiger partial charge on any atom is -0.296 e. The fourth-order valence-electron chi connectivity index (χ4n) is 3.09. The van der Waals surface area contributed by atoms with Crippen LogP contribution in [0, 0.1) is 0 Å². The normalized spacial score (nSPS) is 19.6. The topological polar surface area (TPSA) is 75.9 Å². The quantitative estimate of drug-likeness (QED) is 0.622. The number of ketones is 3. The van der Waals surface area contributed by atoms with Gasteiger partial charge in [-0.05, 0) is 45.1 Å². The van der Waals surface area contributed by atoms with E-state index in [1.54, 1.807) is 0 Å².